The van der Waals surface area contributed by atoms with Crippen molar-refractivity contribution in [3.05, 3.63) is 33.7 Å². The highest BCUT2D eigenvalue weighted by Gasteiger charge is 2.47. The predicted molar refractivity (Wildman–Crippen MR) is 118 cm³/mol. The van der Waals surface area contributed by atoms with Crippen LogP contribution in [0.3, 0.4) is 0 Å². The standard InChI is InChI=1S/C25H37N3O2/c1-2-21-5-3-4-8-28(21)15-20-6-7-22(25(30)27-20)24(29)26-14-23-18-10-16-9-17(12-18)13-19(23)11-16/h6-7,16-19,21,23H,2-5,8-15H2,1H3,(H,26,29)(H,27,30)/t16?,17?,18?,19?,21-,23?/m0/s1. The van der Waals surface area contributed by atoms with Gasteiger partial charge in [0.15, 0.2) is 0 Å². The molecule has 2 heterocycles. The van der Waals surface area contributed by atoms with Crippen molar-refractivity contribution in [3.63, 3.8) is 0 Å². The fraction of sp³-hybridized carbons (Fsp3) is 0.760. The number of carbonyl (C=O) groups is 1. The van der Waals surface area contributed by atoms with Gasteiger partial charge in [-0.2, -0.15) is 0 Å². The summed E-state index contributed by atoms with van der Waals surface area (Å²) in [5.41, 5.74) is 0.923. The molecule has 5 aliphatic rings. The number of hydrogen-bond donors (Lipinski definition) is 2. The maximum Gasteiger partial charge on any atom is 0.261 e. The van der Waals surface area contributed by atoms with Crippen LogP contribution >= 0.6 is 0 Å². The zero-order chi connectivity index (χ0) is 20.7. The van der Waals surface area contributed by atoms with Gasteiger partial charge in [-0.05, 0) is 99.6 Å². The van der Waals surface area contributed by atoms with Gasteiger partial charge >= 0.3 is 0 Å². The Bertz CT molecular complexity index is 804. The molecule has 6 rings (SSSR count). The maximum atomic E-state index is 12.8. The van der Waals surface area contributed by atoms with Crippen LogP contribution in [0.4, 0.5) is 0 Å². The Hall–Kier alpha value is -1.62. The molecule has 5 heteroatoms. The summed E-state index contributed by atoms with van der Waals surface area (Å²) in [7, 11) is 0. The summed E-state index contributed by atoms with van der Waals surface area (Å²) in [5, 5.41) is 3.12. The quantitative estimate of drug-likeness (QED) is 0.745. The van der Waals surface area contributed by atoms with Crippen LogP contribution in [0.5, 0.6) is 0 Å². The number of nitrogens with zero attached hydrogens (tertiary/aromatic N) is 1. The van der Waals surface area contributed by atoms with Crippen molar-refractivity contribution >= 4 is 5.91 Å². The predicted octanol–water partition coefficient (Wildman–Crippen LogP) is 3.94. The molecular weight excluding hydrogens is 374 g/mol. The summed E-state index contributed by atoms with van der Waals surface area (Å²) < 4.78 is 0. The van der Waals surface area contributed by atoms with Gasteiger partial charge in [0.2, 0.25) is 0 Å². The molecule has 2 N–H and O–H groups in total. The SMILES string of the molecule is CC[C@H]1CCCCN1Cc1ccc(C(=O)NCC2C3CC4CC(C3)CC2C4)c(=O)[nH]1. The number of aromatic amines is 1. The molecule has 4 saturated carbocycles. The highest BCUT2D eigenvalue weighted by Crippen LogP contribution is 2.56. The summed E-state index contributed by atoms with van der Waals surface area (Å²) in [6.07, 6.45) is 11.8. The van der Waals surface area contributed by atoms with E-state index in [1.807, 2.05) is 6.07 Å². The summed E-state index contributed by atoms with van der Waals surface area (Å²) in [5.74, 6) is 3.88. The lowest BCUT2D eigenvalue weighted by molar-refractivity contribution is -0.0347. The number of hydrogen-bond acceptors (Lipinski definition) is 3. The van der Waals surface area contributed by atoms with Crippen LogP contribution in [0, 0.1) is 29.6 Å². The molecule has 4 bridgehead atoms. The normalized spacial score (nSPS) is 35.5. The third-order valence-corrected chi connectivity index (χ3v) is 8.73. The first kappa shape index (κ1) is 20.3. The van der Waals surface area contributed by atoms with E-state index in [0.717, 1.165) is 55.4 Å². The molecule has 0 radical (unpaired) electrons. The molecule has 5 nitrogen and oxygen atoms in total. The Kier molecular flexibility index (Phi) is 5.74. The molecule has 1 aromatic heterocycles. The van der Waals surface area contributed by atoms with Crippen LogP contribution in [0.2, 0.25) is 0 Å². The third kappa shape index (κ3) is 3.98. The van der Waals surface area contributed by atoms with Crippen molar-refractivity contribution in [2.24, 2.45) is 29.6 Å². The number of amides is 1. The van der Waals surface area contributed by atoms with Crippen molar-refractivity contribution in [1.82, 2.24) is 15.2 Å². The number of nitrogens with one attached hydrogen (secondary N) is 2. The summed E-state index contributed by atoms with van der Waals surface area (Å²) >= 11 is 0. The van der Waals surface area contributed by atoms with E-state index in [-0.39, 0.29) is 17.0 Å². The monoisotopic (exact) mass is 411 g/mol. The molecule has 0 spiro atoms. The zero-order valence-corrected chi connectivity index (χ0v) is 18.4. The molecule has 1 atom stereocenters. The number of rotatable bonds is 6. The van der Waals surface area contributed by atoms with Crippen molar-refractivity contribution in [3.8, 4) is 0 Å². The van der Waals surface area contributed by atoms with E-state index in [9.17, 15) is 9.59 Å². The molecular formula is C25H37N3O2. The number of aromatic nitrogens is 1. The molecule has 0 unspecified atom stereocenters. The Morgan fingerprint density at radius 1 is 1.10 bits per heavy atom. The minimum atomic E-state index is -0.250. The van der Waals surface area contributed by atoms with E-state index < -0.39 is 0 Å². The smallest absolute Gasteiger partial charge is 0.261 e. The lowest BCUT2D eigenvalue weighted by Crippen LogP contribution is -2.49. The Labute approximate surface area is 180 Å². The lowest BCUT2D eigenvalue weighted by atomic mass is 9.52. The van der Waals surface area contributed by atoms with Gasteiger partial charge < -0.3 is 10.3 Å². The van der Waals surface area contributed by atoms with Gasteiger partial charge in [0, 0.05) is 24.8 Å². The van der Waals surface area contributed by atoms with Crippen molar-refractivity contribution in [1.29, 1.82) is 0 Å². The minimum absolute atomic E-state index is 0.207. The van der Waals surface area contributed by atoms with Gasteiger partial charge in [-0.3, -0.25) is 14.5 Å². The fourth-order valence-corrected chi connectivity index (χ4v) is 7.41. The molecule has 4 aliphatic carbocycles. The summed E-state index contributed by atoms with van der Waals surface area (Å²) in [4.78, 5) is 30.8. The second-order valence-electron chi connectivity index (χ2n) is 10.6. The molecule has 1 saturated heterocycles. The number of pyridine rings is 1. The third-order valence-electron chi connectivity index (χ3n) is 8.73. The van der Waals surface area contributed by atoms with Crippen molar-refractivity contribution in [2.75, 3.05) is 13.1 Å². The van der Waals surface area contributed by atoms with Gasteiger partial charge in [-0.25, -0.2) is 0 Å². The molecule has 30 heavy (non-hydrogen) atoms. The lowest BCUT2D eigenvalue weighted by Gasteiger charge is -2.54. The number of likely N-dealkylation sites (tertiary alicyclic amines) is 1. The van der Waals surface area contributed by atoms with Crippen LogP contribution in [0.25, 0.3) is 0 Å². The van der Waals surface area contributed by atoms with Crippen LogP contribution in [0.1, 0.15) is 80.8 Å². The number of H-pyrrole nitrogens is 1. The molecule has 1 amide bonds. The minimum Gasteiger partial charge on any atom is -0.352 e. The van der Waals surface area contributed by atoms with Crippen molar-refractivity contribution < 1.29 is 4.79 Å². The number of piperidine rings is 1. The number of carbonyl (C=O) groups excluding carboxylic acids is 1. The van der Waals surface area contributed by atoms with Crippen LogP contribution < -0.4 is 10.9 Å². The first-order chi connectivity index (χ1) is 14.6. The van der Waals surface area contributed by atoms with E-state index in [1.165, 1.54) is 51.4 Å². The Morgan fingerprint density at radius 3 is 2.50 bits per heavy atom. The topological polar surface area (TPSA) is 65.2 Å². The maximum absolute atomic E-state index is 12.8. The van der Waals surface area contributed by atoms with Crippen LogP contribution in [-0.4, -0.2) is 34.9 Å². The molecule has 164 valence electrons. The Balaban J connectivity index is 1.19. The van der Waals surface area contributed by atoms with Gasteiger partial charge in [-0.15, -0.1) is 0 Å². The zero-order valence-electron chi connectivity index (χ0n) is 18.4. The van der Waals surface area contributed by atoms with Gasteiger partial charge in [0.1, 0.15) is 5.56 Å². The highest BCUT2D eigenvalue weighted by molar-refractivity contribution is 5.93. The second kappa shape index (κ2) is 8.49. The van der Waals surface area contributed by atoms with E-state index in [0.29, 0.717) is 12.0 Å². The van der Waals surface area contributed by atoms with E-state index in [1.54, 1.807) is 6.07 Å². The Morgan fingerprint density at radius 2 is 1.83 bits per heavy atom. The van der Waals surface area contributed by atoms with Crippen molar-refractivity contribution in [2.45, 2.75) is 77.3 Å². The molecule has 1 aromatic rings. The molecule has 1 aliphatic heterocycles. The van der Waals surface area contributed by atoms with Crippen LogP contribution in [-0.2, 0) is 6.54 Å². The first-order valence-corrected chi connectivity index (χ1v) is 12.3. The average Bonchev–Trinajstić information content (AvgIpc) is 2.73. The van der Waals surface area contributed by atoms with Gasteiger partial charge in [0.25, 0.3) is 11.5 Å². The second-order valence-corrected chi connectivity index (χ2v) is 10.6. The summed E-state index contributed by atoms with van der Waals surface area (Å²) in [6.45, 7) is 4.83. The largest absolute Gasteiger partial charge is 0.352 e. The molecule has 5 fully saturated rings. The van der Waals surface area contributed by atoms with Gasteiger partial charge in [-0.1, -0.05) is 13.3 Å². The highest BCUT2D eigenvalue weighted by atomic mass is 16.2. The van der Waals surface area contributed by atoms with Crippen LogP contribution in [0.15, 0.2) is 16.9 Å². The van der Waals surface area contributed by atoms with E-state index in [2.05, 4.69) is 22.1 Å². The fourth-order valence-electron chi connectivity index (χ4n) is 7.41. The first-order valence-electron chi connectivity index (χ1n) is 12.3. The average molecular weight is 412 g/mol. The van der Waals surface area contributed by atoms with Gasteiger partial charge in [0.05, 0.1) is 0 Å². The van der Waals surface area contributed by atoms with E-state index >= 15 is 0 Å². The molecule has 0 aromatic carbocycles. The van der Waals surface area contributed by atoms with E-state index in [4.69, 9.17) is 0 Å². The summed E-state index contributed by atoms with van der Waals surface area (Å²) in [6, 6.07) is 4.26.